The van der Waals surface area contributed by atoms with E-state index in [0.29, 0.717) is 23.1 Å². The summed E-state index contributed by atoms with van der Waals surface area (Å²) < 4.78 is 56.3. The molecule has 1 aliphatic rings. The van der Waals surface area contributed by atoms with E-state index in [1.807, 2.05) is 18.2 Å². The van der Waals surface area contributed by atoms with E-state index in [9.17, 15) is 21.6 Å². The molecule has 0 saturated heterocycles. The Morgan fingerprint density at radius 2 is 1.73 bits per heavy atom. The Balaban J connectivity index is 0.000000555. The van der Waals surface area contributed by atoms with E-state index in [4.69, 9.17) is 0 Å². The van der Waals surface area contributed by atoms with Crippen LogP contribution in [0.2, 0.25) is 0 Å². The summed E-state index contributed by atoms with van der Waals surface area (Å²) in [6, 6.07) is 14.6. The molecular weight excluding hydrogens is 459 g/mol. The van der Waals surface area contributed by atoms with Crippen molar-refractivity contribution in [3.8, 4) is 0 Å². The van der Waals surface area contributed by atoms with Gasteiger partial charge in [-0.15, -0.1) is 0 Å². The number of sulfonamides is 1. The topological polar surface area (TPSA) is 120 Å². The molecule has 3 aromatic rings. The molecule has 5 N–H and O–H groups in total. The summed E-state index contributed by atoms with van der Waals surface area (Å²) in [6.07, 6.45) is -1.24. The minimum atomic E-state index is -4.00. The van der Waals surface area contributed by atoms with Crippen LogP contribution in [0.25, 0.3) is 0 Å². The highest BCUT2D eigenvalue weighted by Gasteiger charge is 2.16. The molecule has 2 heterocycles. The summed E-state index contributed by atoms with van der Waals surface area (Å²) in [4.78, 5) is 8.71. The number of hydrogen-bond donors (Lipinski definition) is 5. The average molecular weight is 482 g/mol. The predicted octanol–water partition coefficient (Wildman–Crippen LogP) is 4.33. The van der Waals surface area contributed by atoms with Crippen molar-refractivity contribution in [2.45, 2.75) is 19.6 Å². The largest absolute Gasteiger partial charge is 0.386 e. The van der Waals surface area contributed by atoms with Crippen molar-refractivity contribution in [3.63, 3.8) is 0 Å². The van der Waals surface area contributed by atoms with Crippen molar-refractivity contribution in [1.82, 2.24) is 15.4 Å². The van der Waals surface area contributed by atoms with E-state index in [2.05, 4.69) is 36.2 Å². The van der Waals surface area contributed by atoms with Crippen LogP contribution >= 0.6 is 0 Å². The summed E-state index contributed by atoms with van der Waals surface area (Å²) in [5, 5.41) is 6.40. The molecule has 1 aromatic heterocycles. The van der Waals surface area contributed by atoms with Gasteiger partial charge in [0.05, 0.1) is 17.6 Å². The van der Waals surface area contributed by atoms with Gasteiger partial charge >= 0.3 is 6.18 Å². The second-order valence-corrected chi connectivity index (χ2v) is 8.81. The van der Waals surface area contributed by atoms with Crippen molar-refractivity contribution in [3.05, 3.63) is 60.3 Å². The van der Waals surface area contributed by atoms with Crippen LogP contribution in [0.15, 0.2) is 54.7 Å². The highest BCUT2D eigenvalue weighted by atomic mass is 32.2. The zero-order chi connectivity index (χ0) is 24.1. The molecule has 13 heteroatoms. The molecule has 0 aliphatic carbocycles. The number of hydrogen-bond acceptors (Lipinski definition) is 8. The van der Waals surface area contributed by atoms with Crippen LogP contribution in [0.5, 0.6) is 0 Å². The van der Waals surface area contributed by atoms with Crippen molar-refractivity contribution in [2.75, 3.05) is 27.0 Å². The molecule has 4 rings (SSSR count). The van der Waals surface area contributed by atoms with E-state index in [1.54, 1.807) is 36.5 Å². The first-order chi connectivity index (χ1) is 15.5. The Hall–Kier alpha value is -3.58. The zero-order valence-corrected chi connectivity index (χ0v) is 18.5. The lowest BCUT2D eigenvalue weighted by atomic mass is 10.1. The van der Waals surface area contributed by atoms with E-state index in [0.717, 1.165) is 29.7 Å². The number of halogens is 3. The summed E-state index contributed by atoms with van der Waals surface area (Å²) in [5.41, 5.74) is 10.5. The number of benzene rings is 2. The van der Waals surface area contributed by atoms with Crippen molar-refractivity contribution < 1.29 is 21.6 Å². The van der Waals surface area contributed by atoms with Gasteiger partial charge in [-0.1, -0.05) is 12.1 Å². The van der Waals surface area contributed by atoms with Gasteiger partial charge in [-0.2, -0.15) is 18.2 Å². The van der Waals surface area contributed by atoms with Crippen LogP contribution in [0.1, 0.15) is 12.5 Å². The first kappa shape index (κ1) is 24.1. The fourth-order valence-corrected chi connectivity index (χ4v) is 3.42. The van der Waals surface area contributed by atoms with Gasteiger partial charge in [0.1, 0.15) is 5.82 Å². The number of fused-ring (bicyclic) bond motifs is 1. The lowest BCUT2D eigenvalue weighted by Gasteiger charge is -2.11. The van der Waals surface area contributed by atoms with Crippen LogP contribution in [-0.4, -0.2) is 30.8 Å². The average Bonchev–Trinajstić information content (AvgIpc) is 3.16. The third kappa shape index (κ3) is 8.12. The highest BCUT2D eigenvalue weighted by Crippen LogP contribution is 2.29. The van der Waals surface area contributed by atoms with E-state index in [-0.39, 0.29) is 6.92 Å². The number of anilines is 6. The number of nitrogens with zero attached hydrogens (tertiary/aromatic N) is 2. The fourth-order valence-electron chi connectivity index (χ4n) is 2.87. The summed E-state index contributed by atoms with van der Waals surface area (Å²) in [6.45, 7) is 0.905. The molecule has 9 nitrogen and oxygen atoms in total. The fraction of sp³-hybridized carbons (Fsp3) is 0.200. The van der Waals surface area contributed by atoms with Crippen LogP contribution < -0.4 is 26.2 Å². The van der Waals surface area contributed by atoms with Crippen molar-refractivity contribution in [2.24, 2.45) is 0 Å². The van der Waals surface area contributed by atoms with E-state index < -0.39 is 16.2 Å². The monoisotopic (exact) mass is 481 g/mol. The Morgan fingerprint density at radius 3 is 2.45 bits per heavy atom. The third-order valence-corrected chi connectivity index (χ3v) is 4.61. The lowest BCUT2D eigenvalue weighted by Crippen LogP contribution is -2.11. The SMILES string of the molecule is CC(F)(F)F.CS(=O)(=O)Nc1cccc(Nc2nccc(Nc3cccc4c3CNN4)n2)c1. The van der Waals surface area contributed by atoms with Gasteiger partial charge in [0.2, 0.25) is 16.0 Å². The van der Waals surface area contributed by atoms with Crippen molar-refractivity contribution >= 4 is 44.5 Å². The molecule has 0 atom stereocenters. The van der Waals surface area contributed by atoms with E-state index >= 15 is 0 Å². The van der Waals surface area contributed by atoms with Gasteiger partial charge < -0.3 is 16.1 Å². The molecule has 0 amide bonds. The standard InChI is InChI=1S/C18H19N7O2S.C2H3F3/c1-28(26,27)25-13-5-2-4-12(10-13)21-18-19-9-8-17(23-18)22-15-6-3-7-16-14(15)11-20-24-16;1-2(3,4)5/h2-10,20,24-25H,11H2,1H3,(H2,19,21,22,23);1H3. The Kier molecular flexibility index (Phi) is 7.23. The predicted molar refractivity (Wildman–Crippen MR) is 122 cm³/mol. The molecule has 33 heavy (non-hydrogen) atoms. The number of rotatable bonds is 6. The number of alkyl halides is 3. The molecule has 0 unspecified atom stereocenters. The quantitative estimate of drug-likeness (QED) is 0.353. The molecule has 0 radical (unpaired) electrons. The van der Waals surface area contributed by atoms with Crippen molar-refractivity contribution in [1.29, 1.82) is 0 Å². The Labute approximate surface area is 188 Å². The Morgan fingerprint density at radius 1 is 1.03 bits per heavy atom. The third-order valence-electron chi connectivity index (χ3n) is 4.00. The van der Waals surface area contributed by atoms with Gasteiger partial charge in [0, 0.05) is 36.6 Å². The first-order valence-corrected chi connectivity index (χ1v) is 11.5. The molecule has 0 saturated carbocycles. The van der Waals surface area contributed by atoms with Gasteiger partial charge in [0.15, 0.2) is 0 Å². The maximum Gasteiger partial charge on any atom is 0.386 e. The molecule has 0 spiro atoms. The molecule has 1 aliphatic heterocycles. The smallest absolute Gasteiger partial charge is 0.340 e. The number of hydrazine groups is 1. The zero-order valence-electron chi connectivity index (χ0n) is 17.7. The molecule has 0 bridgehead atoms. The first-order valence-electron chi connectivity index (χ1n) is 9.59. The summed E-state index contributed by atoms with van der Waals surface area (Å²) in [5.74, 6) is 1.04. The molecule has 0 fully saturated rings. The summed E-state index contributed by atoms with van der Waals surface area (Å²) >= 11 is 0. The van der Waals surface area contributed by atoms with E-state index in [1.165, 1.54) is 0 Å². The van der Waals surface area contributed by atoms with Gasteiger partial charge in [-0.25, -0.2) is 18.8 Å². The number of nitrogens with one attached hydrogen (secondary N) is 5. The normalized spacial score (nSPS) is 12.6. The molecular formula is C20H22F3N7O2S. The second-order valence-electron chi connectivity index (χ2n) is 7.06. The van der Waals surface area contributed by atoms with Gasteiger partial charge in [0.25, 0.3) is 0 Å². The number of aromatic nitrogens is 2. The lowest BCUT2D eigenvalue weighted by molar-refractivity contribution is -0.110. The van der Waals surface area contributed by atoms with Crippen LogP contribution in [0, 0.1) is 0 Å². The molecule has 176 valence electrons. The van der Waals surface area contributed by atoms with Crippen LogP contribution in [0.3, 0.4) is 0 Å². The molecule has 2 aromatic carbocycles. The summed E-state index contributed by atoms with van der Waals surface area (Å²) in [7, 11) is -3.34. The maximum absolute atomic E-state index is 11.4. The van der Waals surface area contributed by atoms with Gasteiger partial charge in [-0.3, -0.25) is 4.72 Å². The second kappa shape index (κ2) is 9.92. The highest BCUT2D eigenvalue weighted by molar-refractivity contribution is 7.92. The Bertz CT molecular complexity index is 1210. The maximum atomic E-state index is 11.4. The van der Waals surface area contributed by atoms with Gasteiger partial charge in [-0.05, 0) is 36.4 Å². The van der Waals surface area contributed by atoms with Crippen LogP contribution in [-0.2, 0) is 16.6 Å². The minimum Gasteiger partial charge on any atom is -0.340 e. The minimum absolute atomic E-state index is 0.188. The van der Waals surface area contributed by atoms with Crippen LogP contribution in [0.4, 0.5) is 47.7 Å².